The summed E-state index contributed by atoms with van der Waals surface area (Å²) in [4.78, 5) is 0. The summed E-state index contributed by atoms with van der Waals surface area (Å²) in [6, 6.07) is 15.6. The Bertz CT molecular complexity index is 893. The van der Waals surface area contributed by atoms with Crippen molar-refractivity contribution in [2.45, 2.75) is 24.8 Å². The average Bonchev–Trinajstić information content (AvgIpc) is 3.12. The van der Waals surface area contributed by atoms with Gasteiger partial charge in [0.05, 0.1) is 12.8 Å². The van der Waals surface area contributed by atoms with Gasteiger partial charge >= 0.3 is 0 Å². The SMILES string of the molecule is CC(C)COc1ccccc1/C=N\n1cnnc1SCc1ccc(Cl)cc1. The third-order valence-corrected chi connectivity index (χ3v) is 4.85. The Kier molecular flexibility index (Phi) is 6.90. The molecule has 0 amide bonds. The third-order valence-electron chi connectivity index (χ3n) is 3.59. The van der Waals surface area contributed by atoms with E-state index in [1.807, 2.05) is 48.5 Å². The number of hydrogen-bond donors (Lipinski definition) is 0. The summed E-state index contributed by atoms with van der Waals surface area (Å²) in [7, 11) is 0. The van der Waals surface area contributed by atoms with E-state index < -0.39 is 0 Å². The van der Waals surface area contributed by atoms with E-state index in [9.17, 15) is 0 Å². The number of halogens is 1. The molecule has 0 aliphatic carbocycles. The zero-order chi connectivity index (χ0) is 19.1. The average molecular weight is 401 g/mol. The standard InChI is InChI=1S/C20H21ClN4OS/c1-15(2)12-26-19-6-4-3-5-17(19)11-23-25-14-22-24-20(25)27-13-16-7-9-18(21)10-8-16/h3-11,14-15H,12-13H2,1-2H3/b23-11-. The first-order valence-corrected chi connectivity index (χ1v) is 10.0. The lowest BCUT2D eigenvalue weighted by Crippen LogP contribution is -2.06. The molecule has 0 saturated carbocycles. The Morgan fingerprint density at radius 2 is 1.96 bits per heavy atom. The molecule has 3 rings (SSSR count). The van der Waals surface area contributed by atoms with E-state index in [1.165, 1.54) is 0 Å². The van der Waals surface area contributed by atoms with E-state index in [0.29, 0.717) is 12.5 Å². The number of thioether (sulfide) groups is 1. The van der Waals surface area contributed by atoms with E-state index in [4.69, 9.17) is 16.3 Å². The Labute approximate surface area is 168 Å². The normalized spacial score (nSPS) is 11.4. The molecule has 0 N–H and O–H groups in total. The highest BCUT2D eigenvalue weighted by atomic mass is 35.5. The molecule has 0 bridgehead atoms. The Morgan fingerprint density at radius 1 is 1.19 bits per heavy atom. The van der Waals surface area contributed by atoms with Crippen molar-refractivity contribution >= 4 is 29.6 Å². The van der Waals surface area contributed by atoms with Crippen LogP contribution in [0.4, 0.5) is 0 Å². The molecule has 7 heteroatoms. The van der Waals surface area contributed by atoms with Crippen LogP contribution < -0.4 is 4.74 Å². The maximum absolute atomic E-state index is 5.93. The molecule has 1 aromatic heterocycles. The summed E-state index contributed by atoms with van der Waals surface area (Å²) in [6.45, 7) is 4.91. The largest absolute Gasteiger partial charge is 0.493 e. The van der Waals surface area contributed by atoms with Crippen molar-refractivity contribution in [1.82, 2.24) is 14.9 Å². The highest BCUT2D eigenvalue weighted by Crippen LogP contribution is 2.22. The third kappa shape index (κ3) is 5.84. The molecule has 0 saturated heterocycles. The van der Waals surface area contributed by atoms with Gasteiger partial charge in [-0.2, -0.15) is 9.78 Å². The molecule has 0 aliphatic rings. The van der Waals surface area contributed by atoms with Crippen LogP contribution in [0.1, 0.15) is 25.0 Å². The van der Waals surface area contributed by atoms with Gasteiger partial charge < -0.3 is 4.74 Å². The highest BCUT2D eigenvalue weighted by Gasteiger charge is 2.06. The lowest BCUT2D eigenvalue weighted by Gasteiger charge is -2.10. The number of hydrogen-bond acceptors (Lipinski definition) is 5. The Hall–Kier alpha value is -2.31. The molecule has 0 spiro atoms. The molecule has 3 aromatic rings. The minimum Gasteiger partial charge on any atom is -0.493 e. The maximum atomic E-state index is 5.93. The zero-order valence-electron chi connectivity index (χ0n) is 15.2. The molecule has 0 atom stereocenters. The molecule has 27 heavy (non-hydrogen) atoms. The van der Waals surface area contributed by atoms with Gasteiger partial charge in [-0.25, -0.2) is 0 Å². The second-order valence-electron chi connectivity index (χ2n) is 6.36. The van der Waals surface area contributed by atoms with E-state index in [0.717, 1.165) is 32.8 Å². The summed E-state index contributed by atoms with van der Waals surface area (Å²) in [6.07, 6.45) is 3.36. The summed E-state index contributed by atoms with van der Waals surface area (Å²) >= 11 is 7.49. The lowest BCUT2D eigenvalue weighted by molar-refractivity contribution is 0.270. The van der Waals surface area contributed by atoms with Gasteiger partial charge in [-0.15, -0.1) is 10.2 Å². The van der Waals surface area contributed by atoms with Crippen molar-refractivity contribution in [3.8, 4) is 5.75 Å². The first kappa shape index (κ1) is 19.5. The number of rotatable bonds is 8. The minimum atomic E-state index is 0.462. The summed E-state index contributed by atoms with van der Waals surface area (Å²) < 4.78 is 7.53. The van der Waals surface area contributed by atoms with Crippen LogP contribution in [0.2, 0.25) is 5.02 Å². The topological polar surface area (TPSA) is 52.3 Å². The Balaban J connectivity index is 1.68. The van der Waals surface area contributed by atoms with E-state index >= 15 is 0 Å². The van der Waals surface area contributed by atoms with Gasteiger partial charge in [-0.05, 0) is 35.7 Å². The molecule has 140 valence electrons. The van der Waals surface area contributed by atoms with Crippen LogP contribution in [0.3, 0.4) is 0 Å². The van der Waals surface area contributed by atoms with Crippen LogP contribution in [0, 0.1) is 5.92 Å². The lowest BCUT2D eigenvalue weighted by atomic mass is 10.2. The van der Waals surface area contributed by atoms with Crippen molar-refractivity contribution < 1.29 is 4.74 Å². The first-order valence-electron chi connectivity index (χ1n) is 8.65. The number of benzene rings is 2. The fourth-order valence-corrected chi connectivity index (χ4v) is 3.17. The fraction of sp³-hybridized carbons (Fsp3) is 0.250. The first-order chi connectivity index (χ1) is 13.1. The van der Waals surface area contributed by atoms with E-state index in [2.05, 4.69) is 29.1 Å². The highest BCUT2D eigenvalue weighted by molar-refractivity contribution is 7.98. The number of nitrogens with zero attached hydrogens (tertiary/aromatic N) is 4. The van der Waals surface area contributed by atoms with Crippen molar-refractivity contribution in [2.24, 2.45) is 11.0 Å². The van der Waals surface area contributed by atoms with Gasteiger partial charge in [0.25, 0.3) is 0 Å². The smallest absolute Gasteiger partial charge is 0.212 e. The van der Waals surface area contributed by atoms with Crippen molar-refractivity contribution in [1.29, 1.82) is 0 Å². The predicted molar refractivity (Wildman–Crippen MR) is 111 cm³/mol. The number of aromatic nitrogens is 3. The predicted octanol–water partition coefficient (Wildman–Crippen LogP) is 5.14. The van der Waals surface area contributed by atoms with Gasteiger partial charge in [0.15, 0.2) is 0 Å². The fourth-order valence-electron chi connectivity index (χ4n) is 2.22. The molecule has 0 aliphatic heterocycles. The molecule has 2 aromatic carbocycles. The van der Waals surface area contributed by atoms with Gasteiger partial charge in [0.2, 0.25) is 5.16 Å². The molecule has 0 fully saturated rings. The zero-order valence-corrected chi connectivity index (χ0v) is 16.8. The Morgan fingerprint density at radius 3 is 2.74 bits per heavy atom. The molecular weight excluding hydrogens is 380 g/mol. The van der Waals surface area contributed by atoms with E-state index in [1.54, 1.807) is 29.0 Å². The van der Waals surface area contributed by atoms with Gasteiger partial charge in [-0.3, -0.25) is 0 Å². The van der Waals surface area contributed by atoms with Crippen LogP contribution >= 0.6 is 23.4 Å². The van der Waals surface area contributed by atoms with Crippen LogP contribution in [-0.4, -0.2) is 27.7 Å². The second-order valence-corrected chi connectivity index (χ2v) is 7.74. The van der Waals surface area contributed by atoms with Gasteiger partial charge in [0.1, 0.15) is 12.1 Å². The molecule has 0 unspecified atom stereocenters. The van der Waals surface area contributed by atoms with Crippen LogP contribution in [0.25, 0.3) is 0 Å². The molecule has 0 radical (unpaired) electrons. The number of ether oxygens (including phenoxy) is 1. The van der Waals surface area contributed by atoms with Crippen molar-refractivity contribution in [2.75, 3.05) is 6.61 Å². The molecular formula is C20H21ClN4OS. The van der Waals surface area contributed by atoms with Crippen LogP contribution in [-0.2, 0) is 5.75 Å². The summed E-state index contributed by atoms with van der Waals surface area (Å²) in [5, 5.41) is 14.1. The summed E-state index contributed by atoms with van der Waals surface area (Å²) in [5.74, 6) is 2.04. The number of para-hydroxylation sites is 1. The van der Waals surface area contributed by atoms with Crippen molar-refractivity contribution in [3.63, 3.8) is 0 Å². The van der Waals surface area contributed by atoms with Gasteiger partial charge in [-0.1, -0.05) is 61.5 Å². The molecule has 1 heterocycles. The maximum Gasteiger partial charge on any atom is 0.212 e. The second kappa shape index (κ2) is 9.58. The monoisotopic (exact) mass is 400 g/mol. The quantitative estimate of drug-likeness (QED) is 0.388. The molecule has 5 nitrogen and oxygen atoms in total. The summed E-state index contributed by atoms with van der Waals surface area (Å²) in [5.41, 5.74) is 2.08. The van der Waals surface area contributed by atoms with Crippen molar-refractivity contribution in [3.05, 3.63) is 71.0 Å². The van der Waals surface area contributed by atoms with Crippen LogP contribution in [0.15, 0.2) is 65.1 Å². The van der Waals surface area contributed by atoms with Crippen LogP contribution in [0.5, 0.6) is 5.75 Å². The van der Waals surface area contributed by atoms with E-state index in [-0.39, 0.29) is 0 Å². The van der Waals surface area contributed by atoms with Gasteiger partial charge in [0, 0.05) is 16.3 Å². The minimum absolute atomic E-state index is 0.462.